The predicted octanol–water partition coefficient (Wildman–Crippen LogP) is 5.39. The van der Waals surface area contributed by atoms with Gasteiger partial charge in [0, 0.05) is 17.3 Å². The van der Waals surface area contributed by atoms with Crippen molar-refractivity contribution in [3.8, 4) is 28.5 Å². The Morgan fingerprint density at radius 2 is 1.71 bits per heavy atom. The fourth-order valence-corrected chi connectivity index (χ4v) is 2.54. The maximum absolute atomic E-state index is 9.23. The number of nitriles is 1. The minimum atomic E-state index is 0.170. The van der Waals surface area contributed by atoms with Gasteiger partial charge in [-0.2, -0.15) is 5.26 Å². The van der Waals surface area contributed by atoms with Crippen molar-refractivity contribution >= 4 is 11.4 Å². The van der Waals surface area contributed by atoms with Crippen molar-refractivity contribution in [1.29, 1.82) is 5.26 Å². The Hall–Kier alpha value is -3.94. The van der Waals surface area contributed by atoms with E-state index in [9.17, 15) is 5.26 Å². The van der Waals surface area contributed by atoms with Gasteiger partial charge in [-0.15, -0.1) is 0 Å². The first kappa shape index (κ1) is 15.0. The average Bonchev–Trinajstić information content (AvgIpc) is 2.67. The maximum atomic E-state index is 9.23. The van der Waals surface area contributed by atoms with Crippen LogP contribution in [-0.2, 0) is 0 Å². The summed E-state index contributed by atoms with van der Waals surface area (Å²) >= 11 is 0. The van der Waals surface area contributed by atoms with Crippen molar-refractivity contribution in [2.75, 3.05) is 0 Å². The fraction of sp³-hybridized carbons (Fsp3) is 0. The lowest BCUT2D eigenvalue weighted by molar-refractivity contribution is 1.33. The molecule has 0 amide bonds. The van der Waals surface area contributed by atoms with Crippen LogP contribution in [0.1, 0.15) is 5.56 Å². The van der Waals surface area contributed by atoms with Crippen LogP contribution in [-0.4, -0.2) is 4.98 Å². The maximum Gasteiger partial charge on any atom is 0.203 e. The van der Waals surface area contributed by atoms with Crippen LogP contribution in [0.2, 0.25) is 0 Å². The molecule has 1 aromatic heterocycles. The van der Waals surface area contributed by atoms with Gasteiger partial charge in [-0.3, -0.25) is 9.83 Å². The summed E-state index contributed by atoms with van der Waals surface area (Å²) in [7, 11) is 0. The zero-order valence-electron chi connectivity index (χ0n) is 12.6. The van der Waals surface area contributed by atoms with Gasteiger partial charge in [-0.05, 0) is 23.3 Å². The second-order valence-corrected chi connectivity index (χ2v) is 4.99. The topological polar surface area (TPSA) is 45.4 Å². The van der Waals surface area contributed by atoms with E-state index in [-0.39, 0.29) is 11.4 Å². The molecule has 2 aromatic carbocycles. The summed E-state index contributed by atoms with van der Waals surface area (Å²) in [5.74, 6) is 0. The lowest BCUT2D eigenvalue weighted by Crippen LogP contribution is -1.90. The smallest absolute Gasteiger partial charge is 0.203 e. The van der Waals surface area contributed by atoms with E-state index in [1.165, 1.54) is 6.07 Å². The predicted molar refractivity (Wildman–Crippen MR) is 92.3 cm³/mol. The molecule has 0 saturated carbocycles. The molecule has 0 saturated heterocycles. The lowest BCUT2D eigenvalue weighted by Gasteiger charge is -2.12. The number of nitrogens with zero attached hydrogens (tertiary/aromatic N) is 4. The molecule has 0 radical (unpaired) electrons. The van der Waals surface area contributed by atoms with E-state index in [1.54, 1.807) is 12.3 Å². The highest BCUT2D eigenvalue weighted by Crippen LogP contribution is 2.42. The van der Waals surface area contributed by atoms with Gasteiger partial charge in [0.2, 0.25) is 5.69 Å². The van der Waals surface area contributed by atoms with Crippen molar-refractivity contribution in [2.45, 2.75) is 0 Å². The van der Waals surface area contributed by atoms with Crippen molar-refractivity contribution < 1.29 is 0 Å². The van der Waals surface area contributed by atoms with Gasteiger partial charge in [-0.25, -0.2) is 4.85 Å². The molecule has 1 heterocycles. The molecule has 3 rings (SSSR count). The minimum absolute atomic E-state index is 0.170. The molecule has 3 aromatic rings. The molecule has 0 aliphatic rings. The van der Waals surface area contributed by atoms with Gasteiger partial charge in [0.05, 0.1) is 24.9 Å². The largest absolute Gasteiger partial charge is 0.257 e. The Kier molecular flexibility index (Phi) is 4.02. The molecule has 0 N–H and O–H groups in total. The zero-order valence-corrected chi connectivity index (χ0v) is 12.6. The number of rotatable bonds is 2. The van der Waals surface area contributed by atoms with Crippen LogP contribution in [0.5, 0.6) is 0 Å². The zero-order chi connectivity index (χ0) is 16.9. The summed E-state index contributed by atoms with van der Waals surface area (Å²) in [6, 6.07) is 18.6. The van der Waals surface area contributed by atoms with Gasteiger partial charge in [0.15, 0.2) is 5.69 Å². The molecular formula is C20H10N4. The summed E-state index contributed by atoms with van der Waals surface area (Å²) in [5.41, 5.74) is 3.65. The first-order valence-electron chi connectivity index (χ1n) is 7.12. The molecule has 0 bridgehead atoms. The molecule has 4 heteroatoms. The van der Waals surface area contributed by atoms with Crippen LogP contribution < -0.4 is 0 Å². The molecule has 0 aliphatic heterocycles. The van der Waals surface area contributed by atoms with Crippen LogP contribution >= 0.6 is 0 Å². The molecule has 110 valence electrons. The summed E-state index contributed by atoms with van der Waals surface area (Å²) in [6.45, 7) is 14.7. The Morgan fingerprint density at radius 3 is 2.38 bits per heavy atom. The van der Waals surface area contributed by atoms with Crippen molar-refractivity contribution in [3.63, 3.8) is 0 Å². The normalized spacial score (nSPS) is 9.54. The first-order valence-corrected chi connectivity index (χ1v) is 7.12. The monoisotopic (exact) mass is 306 g/mol. The highest BCUT2D eigenvalue weighted by molar-refractivity contribution is 5.93. The molecule has 0 atom stereocenters. The Balaban J connectivity index is 2.35. The third-order valence-corrected chi connectivity index (χ3v) is 3.60. The quantitative estimate of drug-likeness (QED) is 0.596. The minimum Gasteiger partial charge on any atom is -0.257 e. The number of hydrogen-bond acceptors (Lipinski definition) is 2. The Morgan fingerprint density at radius 1 is 0.917 bits per heavy atom. The van der Waals surface area contributed by atoms with Crippen LogP contribution in [0.3, 0.4) is 0 Å². The summed E-state index contributed by atoms with van der Waals surface area (Å²) in [6.07, 6.45) is 1.64. The van der Waals surface area contributed by atoms with E-state index in [1.807, 2.05) is 48.5 Å². The van der Waals surface area contributed by atoms with Crippen LogP contribution in [0.25, 0.3) is 32.1 Å². The summed E-state index contributed by atoms with van der Waals surface area (Å²) < 4.78 is 0. The molecule has 0 unspecified atom stereocenters. The second-order valence-electron chi connectivity index (χ2n) is 4.99. The number of aromatic nitrogens is 1. The fourth-order valence-electron chi connectivity index (χ4n) is 2.54. The van der Waals surface area contributed by atoms with Crippen molar-refractivity contribution in [1.82, 2.24) is 4.98 Å². The van der Waals surface area contributed by atoms with E-state index in [4.69, 9.17) is 13.1 Å². The molecule has 4 nitrogen and oxygen atoms in total. The van der Waals surface area contributed by atoms with E-state index in [0.29, 0.717) is 16.8 Å². The van der Waals surface area contributed by atoms with Crippen LogP contribution in [0.4, 0.5) is 11.4 Å². The number of pyridine rings is 1. The standard InChI is InChI=1S/C20H10N4/c1-22-18-12-14(13-21)11-17(20(18)23-2)19-16(9-6-10-24-19)15-7-4-3-5-8-15/h3-12H. The van der Waals surface area contributed by atoms with E-state index < -0.39 is 0 Å². The van der Waals surface area contributed by atoms with E-state index >= 15 is 0 Å². The van der Waals surface area contributed by atoms with Gasteiger partial charge in [0.1, 0.15) is 0 Å². The average molecular weight is 306 g/mol. The molecule has 0 fully saturated rings. The number of hydrogen-bond donors (Lipinski definition) is 0. The Bertz CT molecular complexity index is 1030. The van der Waals surface area contributed by atoms with E-state index in [0.717, 1.165) is 11.1 Å². The second kappa shape index (κ2) is 6.44. The van der Waals surface area contributed by atoms with Crippen molar-refractivity contribution in [3.05, 3.63) is 89.2 Å². The third kappa shape index (κ3) is 2.59. The highest BCUT2D eigenvalue weighted by atomic mass is 14.8. The summed E-state index contributed by atoms with van der Waals surface area (Å²) in [5, 5.41) is 9.23. The summed E-state index contributed by atoms with van der Waals surface area (Å²) in [4.78, 5) is 11.3. The Labute approximate surface area is 139 Å². The van der Waals surface area contributed by atoms with Gasteiger partial charge >= 0.3 is 0 Å². The van der Waals surface area contributed by atoms with Gasteiger partial charge in [-0.1, -0.05) is 42.5 Å². The highest BCUT2D eigenvalue weighted by Gasteiger charge is 2.17. The lowest BCUT2D eigenvalue weighted by atomic mass is 9.96. The molecular weight excluding hydrogens is 296 g/mol. The van der Waals surface area contributed by atoms with E-state index in [2.05, 4.69) is 14.7 Å². The van der Waals surface area contributed by atoms with Crippen LogP contribution in [0, 0.1) is 24.5 Å². The molecule has 0 spiro atoms. The van der Waals surface area contributed by atoms with Gasteiger partial charge in [0.25, 0.3) is 0 Å². The third-order valence-electron chi connectivity index (χ3n) is 3.60. The van der Waals surface area contributed by atoms with Gasteiger partial charge < -0.3 is 0 Å². The van der Waals surface area contributed by atoms with Crippen LogP contribution in [0.15, 0.2) is 60.8 Å². The molecule has 24 heavy (non-hydrogen) atoms. The number of benzene rings is 2. The SMILES string of the molecule is [C-]#[N+]c1cc(C#N)cc(-c2ncccc2-c2ccccc2)c1[N+]#[C-]. The van der Waals surface area contributed by atoms with Crippen molar-refractivity contribution in [2.24, 2.45) is 0 Å². The molecule has 0 aliphatic carbocycles. The first-order chi connectivity index (χ1) is 11.8.